The molecule has 6 nitrogen and oxygen atoms in total. The Kier molecular flexibility index (Phi) is 5.07. The third kappa shape index (κ3) is 3.61. The number of carbonyl (C=O) groups excluding carboxylic acids is 1. The monoisotopic (exact) mass is 368 g/mol. The molecule has 2 N–H and O–H groups in total. The van der Waals surface area contributed by atoms with Crippen LogP contribution in [0.3, 0.4) is 0 Å². The Labute approximate surface area is 148 Å². The van der Waals surface area contributed by atoms with Gasteiger partial charge in [-0.2, -0.15) is 18.4 Å². The van der Waals surface area contributed by atoms with E-state index in [1.807, 2.05) is 0 Å². The lowest BCUT2D eigenvalue weighted by molar-refractivity contribution is -0.137. The molecule has 0 aliphatic carbocycles. The number of hydrogen-bond donors (Lipinski definition) is 1. The highest BCUT2D eigenvalue weighted by Crippen LogP contribution is 2.41. The van der Waals surface area contributed by atoms with E-state index >= 15 is 0 Å². The maximum atomic E-state index is 13.7. The fourth-order valence-corrected chi connectivity index (χ4v) is 3.35. The number of halogens is 3. The van der Waals surface area contributed by atoms with Gasteiger partial charge >= 0.3 is 6.18 Å². The highest BCUT2D eigenvalue weighted by atomic mass is 19.4. The number of morpholine rings is 1. The fourth-order valence-electron chi connectivity index (χ4n) is 3.35. The van der Waals surface area contributed by atoms with Crippen LogP contribution in [0.1, 0.15) is 27.9 Å². The fraction of sp³-hybridized carbons (Fsp3) is 0.529. The maximum absolute atomic E-state index is 13.7. The van der Waals surface area contributed by atoms with E-state index in [1.165, 1.54) is 15.9 Å². The molecule has 0 bridgehead atoms. The van der Waals surface area contributed by atoms with E-state index < -0.39 is 17.6 Å². The average Bonchev–Trinajstić information content (AvgIpc) is 3.06. The van der Waals surface area contributed by atoms with Crippen LogP contribution in [-0.4, -0.2) is 56.2 Å². The van der Waals surface area contributed by atoms with Crippen LogP contribution in [-0.2, 0) is 10.9 Å². The Morgan fingerprint density at radius 2 is 1.96 bits per heavy atom. The van der Waals surface area contributed by atoms with Crippen molar-refractivity contribution in [1.82, 2.24) is 4.90 Å². The number of alkyl halides is 3. The SMILES string of the molecule is N#Cc1cc(C(=O)N2CCOCC2)c(N2CC[C@@H](N)C2)c(C(F)(F)F)c1. The van der Waals surface area contributed by atoms with Gasteiger partial charge in [-0.15, -0.1) is 0 Å². The molecule has 140 valence electrons. The molecule has 9 heteroatoms. The lowest BCUT2D eigenvalue weighted by atomic mass is 10.00. The minimum absolute atomic E-state index is 0.104. The van der Waals surface area contributed by atoms with Crippen molar-refractivity contribution >= 4 is 11.6 Å². The van der Waals surface area contributed by atoms with E-state index in [-0.39, 0.29) is 29.4 Å². The van der Waals surface area contributed by atoms with Crippen molar-refractivity contribution in [3.8, 4) is 6.07 Å². The first-order chi connectivity index (χ1) is 12.3. The lowest BCUT2D eigenvalue weighted by Gasteiger charge is -2.31. The van der Waals surface area contributed by atoms with Gasteiger partial charge in [0.25, 0.3) is 5.91 Å². The summed E-state index contributed by atoms with van der Waals surface area (Å²) in [7, 11) is 0. The molecule has 26 heavy (non-hydrogen) atoms. The van der Waals surface area contributed by atoms with Gasteiger partial charge in [-0.25, -0.2) is 0 Å². The second kappa shape index (κ2) is 7.13. The highest BCUT2D eigenvalue weighted by molar-refractivity contribution is 6.01. The number of benzene rings is 1. The van der Waals surface area contributed by atoms with E-state index in [9.17, 15) is 18.0 Å². The molecule has 1 atom stereocenters. The molecule has 2 fully saturated rings. The molecule has 0 spiro atoms. The number of nitrogens with two attached hydrogens (primary N) is 1. The van der Waals surface area contributed by atoms with Gasteiger partial charge < -0.3 is 20.3 Å². The Morgan fingerprint density at radius 1 is 1.27 bits per heavy atom. The minimum atomic E-state index is -4.69. The summed E-state index contributed by atoms with van der Waals surface area (Å²) in [5, 5.41) is 9.15. The van der Waals surface area contributed by atoms with E-state index in [0.717, 1.165) is 6.07 Å². The first-order valence-corrected chi connectivity index (χ1v) is 8.34. The van der Waals surface area contributed by atoms with E-state index in [2.05, 4.69) is 0 Å². The van der Waals surface area contributed by atoms with Crippen molar-refractivity contribution in [1.29, 1.82) is 5.26 Å². The number of nitrogens with zero attached hydrogens (tertiary/aromatic N) is 3. The molecule has 1 aromatic carbocycles. The molecule has 2 saturated heterocycles. The molecule has 0 saturated carbocycles. The van der Waals surface area contributed by atoms with Gasteiger partial charge in [0.05, 0.1) is 41.7 Å². The van der Waals surface area contributed by atoms with E-state index in [4.69, 9.17) is 15.7 Å². The number of amides is 1. The number of anilines is 1. The molecule has 2 aliphatic rings. The van der Waals surface area contributed by atoms with Crippen LogP contribution in [0.25, 0.3) is 0 Å². The van der Waals surface area contributed by atoms with Gasteiger partial charge in [-0.3, -0.25) is 4.79 Å². The zero-order chi connectivity index (χ0) is 18.9. The molecule has 0 radical (unpaired) electrons. The summed E-state index contributed by atoms with van der Waals surface area (Å²) in [5.74, 6) is -0.522. The molecule has 3 rings (SSSR count). The number of ether oxygens (including phenoxy) is 1. The van der Waals surface area contributed by atoms with E-state index in [1.54, 1.807) is 6.07 Å². The number of rotatable bonds is 2. The second-order valence-electron chi connectivity index (χ2n) is 6.43. The zero-order valence-corrected chi connectivity index (χ0v) is 14.1. The van der Waals surface area contributed by atoms with Gasteiger partial charge in [-0.05, 0) is 18.6 Å². The molecule has 1 aromatic rings. The molecular weight excluding hydrogens is 349 g/mol. The van der Waals surface area contributed by atoms with Crippen molar-refractivity contribution < 1.29 is 22.7 Å². The highest BCUT2D eigenvalue weighted by Gasteiger charge is 2.39. The Bertz CT molecular complexity index is 739. The van der Waals surface area contributed by atoms with Crippen LogP contribution < -0.4 is 10.6 Å². The summed E-state index contributed by atoms with van der Waals surface area (Å²) in [6.07, 6.45) is -4.14. The Hall–Kier alpha value is -2.31. The summed E-state index contributed by atoms with van der Waals surface area (Å²) in [5.41, 5.74) is 4.41. The third-order valence-corrected chi connectivity index (χ3v) is 4.61. The summed E-state index contributed by atoms with van der Waals surface area (Å²) < 4.78 is 46.3. The van der Waals surface area contributed by atoms with Gasteiger partial charge in [0.2, 0.25) is 0 Å². The second-order valence-corrected chi connectivity index (χ2v) is 6.43. The first-order valence-electron chi connectivity index (χ1n) is 8.34. The average molecular weight is 368 g/mol. The molecule has 2 aliphatic heterocycles. The van der Waals surface area contributed by atoms with Crippen LogP contribution in [0.5, 0.6) is 0 Å². The molecule has 0 aromatic heterocycles. The molecular formula is C17H19F3N4O2. The normalized spacial score (nSPS) is 21.0. The van der Waals surface area contributed by atoms with Crippen LogP contribution in [0.2, 0.25) is 0 Å². The predicted octanol–water partition coefficient (Wildman–Crippen LogP) is 1.59. The summed E-state index contributed by atoms with van der Waals surface area (Å²) in [4.78, 5) is 15.9. The van der Waals surface area contributed by atoms with Gasteiger partial charge in [0.15, 0.2) is 0 Å². The minimum Gasteiger partial charge on any atom is -0.378 e. The number of nitriles is 1. The third-order valence-electron chi connectivity index (χ3n) is 4.61. The van der Waals surface area contributed by atoms with Crippen LogP contribution in [0, 0.1) is 11.3 Å². The van der Waals surface area contributed by atoms with Crippen molar-refractivity contribution in [2.45, 2.75) is 18.6 Å². The van der Waals surface area contributed by atoms with Crippen LogP contribution in [0.4, 0.5) is 18.9 Å². The maximum Gasteiger partial charge on any atom is 0.418 e. The smallest absolute Gasteiger partial charge is 0.378 e. The van der Waals surface area contributed by atoms with Crippen LogP contribution in [0.15, 0.2) is 12.1 Å². The zero-order valence-electron chi connectivity index (χ0n) is 14.1. The summed E-state index contributed by atoms with van der Waals surface area (Å²) in [6.45, 7) is 1.84. The predicted molar refractivity (Wildman–Crippen MR) is 87.7 cm³/mol. The van der Waals surface area contributed by atoms with Crippen LogP contribution >= 0.6 is 0 Å². The van der Waals surface area contributed by atoms with Crippen molar-refractivity contribution in [2.75, 3.05) is 44.3 Å². The quantitative estimate of drug-likeness (QED) is 0.857. The van der Waals surface area contributed by atoms with Crippen molar-refractivity contribution in [3.63, 3.8) is 0 Å². The standard InChI is InChI=1S/C17H19F3N4O2/c18-17(19,20)14-8-11(9-21)7-13(15(14)24-2-1-12(22)10-24)16(25)23-3-5-26-6-4-23/h7-8,12H,1-6,10,22H2/t12-/m1/s1. The van der Waals surface area contributed by atoms with Gasteiger partial charge in [0, 0.05) is 32.2 Å². The number of hydrogen-bond acceptors (Lipinski definition) is 5. The Morgan fingerprint density at radius 3 is 2.50 bits per heavy atom. The summed E-state index contributed by atoms with van der Waals surface area (Å²) >= 11 is 0. The molecule has 1 amide bonds. The van der Waals surface area contributed by atoms with Gasteiger partial charge in [0.1, 0.15) is 0 Å². The van der Waals surface area contributed by atoms with Crippen molar-refractivity contribution in [2.24, 2.45) is 5.73 Å². The molecule has 0 unspecified atom stereocenters. The number of carbonyl (C=O) groups is 1. The topological polar surface area (TPSA) is 82.6 Å². The van der Waals surface area contributed by atoms with E-state index in [0.29, 0.717) is 39.3 Å². The Balaban J connectivity index is 2.14. The molecule has 2 heterocycles. The van der Waals surface area contributed by atoms with Gasteiger partial charge in [-0.1, -0.05) is 0 Å². The summed E-state index contributed by atoms with van der Waals surface area (Å²) in [6, 6.07) is 3.52. The lowest BCUT2D eigenvalue weighted by Crippen LogP contribution is -2.41. The first kappa shape index (κ1) is 18.5. The largest absolute Gasteiger partial charge is 0.418 e. The van der Waals surface area contributed by atoms with Crippen molar-refractivity contribution in [3.05, 3.63) is 28.8 Å².